The number of amides is 3. The van der Waals surface area contributed by atoms with Crippen molar-refractivity contribution in [3.05, 3.63) is 76.3 Å². The molecular formula is C27H31N5O5S. The van der Waals surface area contributed by atoms with Gasteiger partial charge >= 0.3 is 0 Å². The number of nitrogen functional groups attached to an aromatic ring is 1. The Balaban J connectivity index is 1.74. The van der Waals surface area contributed by atoms with E-state index in [1.54, 1.807) is 24.3 Å². The van der Waals surface area contributed by atoms with Crippen LogP contribution in [-0.4, -0.2) is 52.9 Å². The van der Waals surface area contributed by atoms with E-state index in [1.807, 2.05) is 37.3 Å². The number of hydrogen-bond donors (Lipinski definition) is 3. The Hall–Kier alpha value is -3.96. The van der Waals surface area contributed by atoms with Gasteiger partial charge in [0.2, 0.25) is 5.91 Å². The molecule has 0 bridgehead atoms. The number of carbonyl (C=O) groups excluding carboxylic acids is 3. The maximum atomic E-state index is 14.0. The smallest absolute Gasteiger partial charge is 0.270 e. The summed E-state index contributed by atoms with van der Waals surface area (Å²) in [5.41, 5.74) is 12.6. The van der Waals surface area contributed by atoms with Gasteiger partial charge in [-0.25, -0.2) is 0 Å². The SMILES string of the molecule is CCOc1ccc([C@H](C(=O)NC[C@H]2CCCO2)N(Cc2ccccc2)C(=O)c2snc(C(N)=O)c2N)cc1. The van der Waals surface area contributed by atoms with Gasteiger partial charge in [0.15, 0.2) is 5.69 Å². The Morgan fingerprint density at radius 1 is 1.18 bits per heavy atom. The monoisotopic (exact) mass is 537 g/mol. The van der Waals surface area contributed by atoms with Gasteiger partial charge in [0.25, 0.3) is 11.8 Å². The molecule has 200 valence electrons. The first-order valence-corrected chi connectivity index (χ1v) is 13.2. The van der Waals surface area contributed by atoms with Crippen LogP contribution in [0.25, 0.3) is 0 Å². The summed E-state index contributed by atoms with van der Waals surface area (Å²) in [7, 11) is 0. The first-order valence-electron chi connectivity index (χ1n) is 12.4. The third kappa shape index (κ3) is 6.29. The zero-order valence-corrected chi connectivity index (χ0v) is 21.9. The Morgan fingerprint density at radius 3 is 2.53 bits per heavy atom. The van der Waals surface area contributed by atoms with Crippen LogP contribution in [0, 0.1) is 0 Å². The Morgan fingerprint density at radius 2 is 1.92 bits per heavy atom. The molecule has 11 heteroatoms. The summed E-state index contributed by atoms with van der Waals surface area (Å²) in [6.45, 7) is 3.47. The third-order valence-electron chi connectivity index (χ3n) is 6.21. The predicted octanol–water partition coefficient (Wildman–Crippen LogP) is 2.90. The van der Waals surface area contributed by atoms with E-state index in [1.165, 1.54) is 4.90 Å². The number of ether oxygens (including phenoxy) is 2. The molecule has 0 spiro atoms. The molecule has 1 aliphatic heterocycles. The molecule has 3 amide bonds. The zero-order chi connectivity index (χ0) is 27.1. The predicted molar refractivity (Wildman–Crippen MR) is 144 cm³/mol. The standard InChI is InChI=1S/C27H31N5O5S/c1-2-36-19-12-10-18(11-13-19)23(26(34)30-15-20-9-6-14-37-20)32(16-17-7-4-3-5-8-17)27(35)24-21(28)22(25(29)33)31-38-24/h3-5,7-8,10-13,20,23H,2,6,9,14-16,28H2,1H3,(H2,29,33)(H,30,34)/t20-,23-/m1/s1. The van der Waals surface area contributed by atoms with Crippen LogP contribution in [0.4, 0.5) is 5.69 Å². The third-order valence-corrected chi connectivity index (χ3v) is 7.06. The molecule has 1 aliphatic rings. The lowest BCUT2D eigenvalue weighted by molar-refractivity contribution is -0.126. The highest BCUT2D eigenvalue weighted by atomic mass is 32.1. The van der Waals surface area contributed by atoms with Gasteiger partial charge in [-0.3, -0.25) is 14.4 Å². The molecule has 0 aliphatic carbocycles. The first-order chi connectivity index (χ1) is 18.4. The highest BCUT2D eigenvalue weighted by Gasteiger charge is 2.35. The molecule has 0 unspecified atom stereocenters. The summed E-state index contributed by atoms with van der Waals surface area (Å²) < 4.78 is 15.2. The second kappa shape index (κ2) is 12.5. The van der Waals surface area contributed by atoms with Crippen molar-refractivity contribution in [3.63, 3.8) is 0 Å². The molecule has 10 nitrogen and oxygen atoms in total. The number of nitrogens with one attached hydrogen (secondary N) is 1. The highest BCUT2D eigenvalue weighted by Crippen LogP contribution is 2.31. The van der Waals surface area contributed by atoms with E-state index in [0.29, 0.717) is 31.1 Å². The lowest BCUT2D eigenvalue weighted by atomic mass is 10.0. The average molecular weight is 538 g/mol. The minimum Gasteiger partial charge on any atom is -0.494 e. The first kappa shape index (κ1) is 27.1. The van der Waals surface area contributed by atoms with E-state index >= 15 is 0 Å². The lowest BCUT2D eigenvalue weighted by Gasteiger charge is -2.31. The highest BCUT2D eigenvalue weighted by molar-refractivity contribution is 7.09. The van der Waals surface area contributed by atoms with Crippen molar-refractivity contribution in [2.24, 2.45) is 5.73 Å². The fraction of sp³-hybridized carbons (Fsp3) is 0.333. The van der Waals surface area contributed by atoms with Crippen molar-refractivity contribution in [1.82, 2.24) is 14.6 Å². The Bertz CT molecular complexity index is 1260. The Labute approximate surface area is 225 Å². The van der Waals surface area contributed by atoms with Crippen molar-refractivity contribution in [2.75, 3.05) is 25.5 Å². The molecule has 2 heterocycles. The summed E-state index contributed by atoms with van der Waals surface area (Å²) in [6, 6.07) is 15.3. The van der Waals surface area contributed by atoms with Crippen molar-refractivity contribution < 1.29 is 23.9 Å². The van der Waals surface area contributed by atoms with E-state index in [-0.39, 0.29) is 34.8 Å². The molecule has 4 rings (SSSR count). The van der Waals surface area contributed by atoms with Crippen LogP contribution >= 0.6 is 11.5 Å². The molecule has 1 aromatic heterocycles. The number of nitrogens with two attached hydrogens (primary N) is 2. The number of anilines is 1. The van der Waals surface area contributed by atoms with E-state index in [0.717, 1.165) is 29.9 Å². The van der Waals surface area contributed by atoms with Crippen LogP contribution in [0.2, 0.25) is 0 Å². The van der Waals surface area contributed by atoms with Gasteiger partial charge in [-0.2, -0.15) is 4.37 Å². The number of carbonyl (C=O) groups is 3. The number of primary amides is 1. The van der Waals surface area contributed by atoms with Crippen LogP contribution in [0.1, 0.15) is 57.1 Å². The van der Waals surface area contributed by atoms with Crippen LogP contribution in [0.5, 0.6) is 5.75 Å². The average Bonchev–Trinajstić information content (AvgIpc) is 3.58. The number of benzene rings is 2. The molecule has 0 saturated carbocycles. The van der Waals surface area contributed by atoms with Crippen LogP contribution < -0.4 is 21.5 Å². The van der Waals surface area contributed by atoms with Crippen molar-refractivity contribution in [1.29, 1.82) is 0 Å². The number of rotatable bonds is 11. The van der Waals surface area contributed by atoms with Gasteiger partial charge in [0.1, 0.15) is 16.7 Å². The summed E-state index contributed by atoms with van der Waals surface area (Å²) in [5, 5.41) is 2.97. The maximum Gasteiger partial charge on any atom is 0.270 e. The minimum atomic E-state index is -1.02. The van der Waals surface area contributed by atoms with E-state index < -0.39 is 17.9 Å². The Kier molecular flexibility index (Phi) is 8.93. The van der Waals surface area contributed by atoms with Gasteiger partial charge in [-0.1, -0.05) is 42.5 Å². The molecule has 0 radical (unpaired) electrons. The summed E-state index contributed by atoms with van der Waals surface area (Å²) >= 11 is 0.780. The second-order valence-electron chi connectivity index (χ2n) is 8.84. The number of nitrogens with zero attached hydrogens (tertiary/aromatic N) is 2. The van der Waals surface area contributed by atoms with Crippen LogP contribution in [0.15, 0.2) is 54.6 Å². The van der Waals surface area contributed by atoms with Crippen molar-refractivity contribution in [3.8, 4) is 5.75 Å². The van der Waals surface area contributed by atoms with Crippen LogP contribution in [-0.2, 0) is 16.1 Å². The van der Waals surface area contributed by atoms with Gasteiger partial charge in [-0.15, -0.1) is 0 Å². The topological polar surface area (TPSA) is 150 Å². The lowest BCUT2D eigenvalue weighted by Crippen LogP contribution is -2.45. The summed E-state index contributed by atoms with van der Waals surface area (Å²) in [6.07, 6.45) is 1.72. The zero-order valence-electron chi connectivity index (χ0n) is 21.1. The van der Waals surface area contributed by atoms with Gasteiger partial charge in [0, 0.05) is 19.7 Å². The summed E-state index contributed by atoms with van der Waals surface area (Å²) in [5.74, 6) is -1.09. The molecule has 38 heavy (non-hydrogen) atoms. The quantitative estimate of drug-likeness (QED) is 0.340. The molecular weight excluding hydrogens is 506 g/mol. The largest absolute Gasteiger partial charge is 0.494 e. The number of aromatic nitrogens is 1. The van der Waals surface area contributed by atoms with Crippen molar-refractivity contribution in [2.45, 2.75) is 38.5 Å². The molecule has 3 aromatic rings. The summed E-state index contributed by atoms with van der Waals surface area (Å²) in [4.78, 5) is 41.0. The van der Waals surface area contributed by atoms with Gasteiger partial charge in [0.05, 0.1) is 18.4 Å². The molecule has 1 fully saturated rings. The minimum absolute atomic E-state index is 0.0394. The molecule has 1 saturated heterocycles. The molecule has 5 N–H and O–H groups in total. The van der Waals surface area contributed by atoms with E-state index in [4.69, 9.17) is 20.9 Å². The fourth-order valence-corrected chi connectivity index (χ4v) is 5.08. The second-order valence-corrected chi connectivity index (χ2v) is 9.62. The normalized spacial score (nSPS) is 15.6. The number of hydrogen-bond acceptors (Lipinski definition) is 8. The van der Waals surface area contributed by atoms with E-state index in [2.05, 4.69) is 9.69 Å². The van der Waals surface area contributed by atoms with Gasteiger partial charge < -0.3 is 31.2 Å². The maximum absolute atomic E-state index is 14.0. The molecule has 2 aromatic carbocycles. The molecule has 2 atom stereocenters. The van der Waals surface area contributed by atoms with Crippen LogP contribution in [0.3, 0.4) is 0 Å². The van der Waals surface area contributed by atoms with Crippen molar-refractivity contribution >= 4 is 34.9 Å². The fourth-order valence-electron chi connectivity index (χ4n) is 4.32. The van der Waals surface area contributed by atoms with Gasteiger partial charge in [-0.05, 0) is 54.6 Å². The van der Waals surface area contributed by atoms with E-state index in [9.17, 15) is 14.4 Å².